The molecule has 1 amide bonds. The van der Waals surface area contributed by atoms with Crippen molar-refractivity contribution in [3.63, 3.8) is 0 Å². The molecular weight excluding hydrogens is 414 g/mol. The van der Waals surface area contributed by atoms with Crippen LogP contribution in [0.3, 0.4) is 0 Å². The summed E-state index contributed by atoms with van der Waals surface area (Å²) >= 11 is 0. The molecule has 0 aliphatic carbocycles. The Bertz CT molecular complexity index is 1270. The molecule has 0 bridgehead atoms. The summed E-state index contributed by atoms with van der Waals surface area (Å²) in [6, 6.07) is 16.3. The summed E-state index contributed by atoms with van der Waals surface area (Å²) in [4.78, 5) is 18.5. The molecule has 0 radical (unpaired) electrons. The van der Waals surface area contributed by atoms with Crippen LogP contribution in [-0.2, 0) is 11.2 Å². The molecule has 2 aliphatic rings. The maximum atomic E-state index is 13.0. The van der Waals surface area contributed by atoms with E-state index in [1.165, 1.54) is 0 Å². The number of fused-ring (bicyclic) bond motifs is 1. The van der Waals surface area contributed by atoms with Crippen molar-refractivity contribution in [1.82, 2.24) is 25.9 Å². The number of aromatic amines is 1. The highest BCUT2D eigenvalue weighted by atomic mass is 16.2. The molecule has 3 aromatic rings. The summed E-state index contributed by atoms with van der Waals surface area (Å²) in [5.41, 5.74) is 7.20. The van der Waals surface area contributed by atoms with Gasteiger partial charge < -0.3 is 0 Å². The fourth-order valence-corrected chi connectivity index (χ4v) is 4.45. The van der Waals surface area contributed by atoms with Gasteiger partial charge in [-0.1, -0.05) is 61.9 Å². The van der Waals surface area contributed by atoms with E-state index in [-0.39, 0.29) is 5.91 Å². The van der Waals surface area contributed by atoms with Crippen molar-refractivity contribution >= 4 is 11.9 Å². The highest BCUT2D eigenvalue weighted by Crippen LogP contribution is 2.30. The standard InChI is InChI=1S/C25H25N7O/c1-3-4-9-22-21(24(33)27-25-26-15-16(2)32(22)25)14-17-10-12-18(13-11-17)19-7-5-6-8-20(19)23-28-30-31-29-23/h5-8,10-13,15H,3-4,9,14H2,1-2H3,(H,26,27,33)(H,28,29,30,31)/p+1. The third-order valence-electron chi connectivity index (χ3n) is 6.13. The number of aliphatic imine (C=N–C) groups is 1. The Morgan fingerprint density at radius 2 is 1.82 bits per heavy atom. The van der Waals surface area contributed by atoms with Crippen LogP contribution in [0.25, 0.3) is 22.5 Å². The molecule has 2 aliphatic heterocycles. The SMILES string of the molecule is CCCCC1=C(Cc2ccc(-c3ccccc3-c3nn[nH]n3)cc2)C(=O)NC2=NC=C(C)[NH+]21. The predicted molar refractivity (Wildman–Crippen MR) is 126 cm³/mol. The molecule has 2 aromatic carbocycles. The second-order valence-corrected chi connectivity index (χ2v) is 8.33. The van der Waals surface area contributed by atoms with Crippen LogP contribution in [0.5, 0.6) is 0 Å². The minimum Gasteiger partial charge on any atom is -0.269 e. The quantitative estimate of drug-likeness (QED) is 0.526. The summed E-state index contributed by atoms with van der Waals surface area (Å²) in [7, 11) is 0. The van der Waals surface area contributed by atoms with Crippen LogP contribution in [0, 0.1) is 0 Å². The number of nitrogens with one attached hydrogen (secondary N) is 3. The van der Waals surface area contributed by atoms with E-state index in [0.717, 1.165) is 63.4 Å². The van der Waals surface area contributed by atoms with Gasteiger partial charge >= 0.3 is 5.96 Å². The molecule has 0 spiro atoms. The average Bonchev–Trinajstić information content (AvgIpc) is 3.50. The summed E-state index contributed by atoms with van der Waals surface area (Å²) < 4.78 is 0. The monoisotopic (exact) mass is 440 g/mol. The molecule has 5 rings (SSSR count). The number of H-pyrrole nitrogens is 1. The second-order valence-electron chi connectivity index (χ2n) is 8.33. The number of benzene rings is 2. The first-order valence-electron chi connectivity index (χ1n) is 11.2. The van der Waals surface area contributed by atoms with Crippen molar-refractivity contribution in [2.45, 2.75) is 39.5 Å². The van der Waals surface area contributed by atoms with Gasteiger partial charge in [0.2, 0.25) is 5.82 Å². The molecule has 1 atom stereocenters. The summed E-state index contributed by atoms with van der Waals surface area (Å²) in [5, 5.41) is 17.4. The highest BCUT2D eigenvalue weighted by Gasteiger charge is 2.38. The molecule has 166 valence electrons. The second kappa shape index (κ2) is 8.91. The Morgan fingerprint density at radius 3 is 2.55 bits per heavy atom. The van der Waals surface area contributed by atoms with Crippen LogP contribution in [0.15, 0.2) is 76.7 Å². The number of carbonyl (C=O) groups excluding carboxylic acids is 1. The van der Waals surface area contributed by atoms with Gasteiger partial charge in [-0.05, 0) is 28.3 Å². The molecule has 0 fully saturated rings. The van der Waals surface area contributed by atoms with E-state index in [0.29, 0.717) is 18.2 Å². The Labute approximate surface area is 192 Å². The number of tetrazole rings is 1. The van der Waals surface area contributed by atoms with Crippen LogP contribution in [0.2, 0.25) is 0 Å². The van der Waals surface area contributed by atoms with Gasteiger partial charge in [0, 0.05) is 25.3 Å². The molecule has 0 saturated carbocycles. The molecule has 1 unspecified atom stereocenters. The summed E-state index contributed by atoms with van der Waals surface area (Å²) in [6.45, 7) is 4.23. The minimum atomic E-state index is -0.0433. The van der Waals surface area contributed by atoms with Gasteiger partial charge in [0.15, 0.2) is 0 Å². The van der Waals surface area contributed by atoms with E-state index in [4.69, 9.17) is 0 Å². The predicted octanol–water partition coefficient (Wildman–Crippen LogP) is 2.77. The lowest BCUT2D eigenvalue weighted by atomic mass is 9.94. The number of hydrogen-bond donors (Lipinski definition) is 3. The minimum absolute atomic E-state index is 0.0433. The lowest BCUT2D eigenvalue weighted by Crippen LogP contribution is -3.13. The Kier molecular flexibility index (Phi) is 5.66. The number of quaternary nitrogens is 1. The molecule has 0 saturated heterocycles. The Hall–Kier alpha value is -3.91. The number of unbranched alkanes of at least 4 members (excludes halogenated alkanes) is 1. The highest BCUT2D eigenvalue weighted by molar-refractivity contribution is 6.06. The summed E-state index contributed by atoms with van der Waals surface area (Å²) in [5.74, 6) is 1.22. The van der Waals surface area contributed by atoms with Crippen LogP contribution in [0.4, 0.5) is 0 Å². The van der Waals surface area contributed by atoms with E-state index >= 15 is 0 Å². The zero-order valence-corrected chi connectivity index (χ0v) is 18.7. The van der Waals surface area contributed by atoms with Crippen molar-refractivity contribution in [3.8, 4) is 22.5 Å². The molecule has 8 heteroatoms. The molecular formula is C25H26N7O+. The number of guanidine groups is 1. The van der Waals surface area contributed by atoms with Crippen LogP contribution in [0.1, 0.15) is 38.7 Å². The van der Waals surface area contributed by atoms with E-state index in [1.54, 1.807) is 0 Å². The normalized spacial score (nSPS) is 17.5. The van der Waals surface area contributed by atoms with Crippen molar-refractivity contribution < 1.29 is 9.69 Å². The van der Waals surface area contributed by atoms with Crippen LogP contribution in [-0.4, -0.2) is 32.5 Å². The first-order valence-corrected chi connectivity index (χ1v) is 11.2. The van der Waals surface area contributed by atoms with Gasteiger partial charge in [-0.25, -0.2) is 4.90 Å². The molecule has 33 heavy (non-hydrogen) atoms. The summed E-state index contributed by atoms with van der Waals surface area (Å²) in [6.07, 6.45) is 5.43. The maximum absolute atomic E-state index is 13.0. The number of hydrogen-bond acceptors (Lipinski definition) is 5. The zero-order chi connectivity index (χ0) is 22.8. The van der Waals surface area contributed by atoms with Gasteiger partial charge in [-0.3, -0.25) is 10.1 Å². The molecule has 8 nitrogen and oxygen atoms in total. The van der Waals surface area contributed by atoms with Crippen molar-refractivity contribution in [2.75, 3.05) is 0 Å². The molecule has 3 heterocycles. The number of nitrogens with zero attached hydrogens (tertiary/aromatic N) is 4. The van der Waals surface area contributed by atoms with Crippen LogP contribution >= 0.6 is 0 Å². The van der Waals surface area contributed by atoms with E-state index in [2.05, 4.69) is 69.0 Å². The van der Waals surface area contributed by atoms with Gasteiger partial charge in [0.25, 0.3) is 5.91 Å². The van der Waals surface area contributed by atoms with Crippen molar-refractivity contribution in [2.24, 2.45) is 4.99 Å². The van der Waals surface area contributed by atoms with Gasteiger partial charge in [-0.2, -0.15) is 10.2 Å². The van der Waals surface area contributed by atoms with Gasteiger partial charge in [0.05, 0.1) is 11.8 Å². The zero-order valence-electron chi connectivity index (χ0n) is 18.7. The first-order chi connectivity index (χ1) is 16.2. The van der Waals surface area contributed by atoms with E-state index in [9.17, 15) is 4.79 Å². The number of rotatable bonds is 7. The fraction of sp³-hybridized carbons (Fsp3) is 0.240. The van der Waals surface area contributed by atoms with Gasteiger partial charge in [-0.15, -0.1) is 10.2 Å². The number of aromatic nitrogens is 4. The molecule has 3 N–H and O–H groups in total. The smallest absolute Gasteiger partial charge is 0.269 e. The van der Waals surface area contributed by atoms with Crippen molar-refractivity contribution in [1.29, 1.82) is 0 Å². The third-order valence-corrected chi connectivity index (χ3v) is 6.13. The Morgan fingerprint density at radius 1 is 1.03 bits per heavy atom. The first kappa shape index (κ1) is 21.0. The number of allylic oxidation sites excluding steroid dienone is 2. The van der Waals surface area contributed by atoms with E-state index < -0.39 is 0 Å². The van der Waals surface area contributed by atoms with Crippen molar-refractivity contribution in [3.05, 3.63) is 77.3 Å². The number of amides is 1. The van der Waals surface area contributed by atoms with Crippen LogP contribution < -0.4 is 10.2 Å². The third kappa shape index (κ3) is 4.01. The largest absolute Gasteiger partial charge is 0.317 e. The van der Waals surface area contributed by atoms with Gasteiger partial charge in [0.1, 0.15) is 11.4 Å². The topological polar surface area (TPSA) is 100 Å². The average molecular weight is 441 g/mol. The maximum Gasteiger partial charge on any atom is 0.317 e. The Balaban J connectivity index is 1.46. The lowest BCUT2D eigenvalue weighted by Gasteiger charge is -2.26. The fourth-order valence-electron chi connectivity index (χ4n) is 4.45. The molecule has 1 aromatic heterocycles. The number of carbonyl (C=O) groups is 1. The lowest BCUT2D eigenvalue weighted by molar-refractivity contribution is -0.720. The van der Waals surface area contributed by atoms with E-state index in [1.807, 2.05) is 30.5 Å².